The molecule has 1 saturated heterocycles. The molecule has 2 N–H and O–H groups in total. The molecule has 1 atom stereocenters. The highest BCUT2D eigenvalue weighted by atomic mass is 32.2. The van der Waals surface area contributed by atoms with Gasteiger partial charge in [0.15, 0.2) is 0 Å². The van der Waals surface area contributed by atoms with E-state index in [1.54, 1.807) is 11.8 Å². The minimum absolute atomic E-state index is 0.106. The third kappa shape index (κ3) is 4.55. The third-order valence-corrected chi connectivity index (χ3v) is 4.67. The molecular weight excluding hydrogens is 258 g/mol. The number of thioether (sulfide) groups is 1. The Bertz CT molecular complexity index is 416. The highest BCUT2D eigenvalue weighted by Gasteiger charge is 2.21. The molecule has 0 aromatic heterocycles. The normalized spacial score (nSPS) is 19.1. The zero-order valence-electron chi connectivity index (χ0n) is 11.1. The number of carbonyl (C=O) groups excluding carboxylic acids is 1. The van der Waals surface area contributed by atoms with Crippen LogP contribution in [0.3, 0.4) is 0 Å². The molecular formula is C15H21NO2S. The zero-order chi connectivity index (χ0) is 13.5. The molecule has 0 radical (unpaired) electrons. The summed E-state index contributed by atoms with van der Waals surface area (Å²) in [7, 11) is 0. The maximum Gasteiger partial charge on any atom is 0.237 e. The lowest BCUT2D eigenvalue weighted by Gasteiger charge is -2.20. The number of aliphatic hydroxyl groups excluding tert-OH is 1. The number of aliphatic hydroxyl groups is 1. The Labute approximate surface area is 118 Å². The maximum atomic E-state index is 12.1. The van der Waals surface area contributed by atoms with Crippen molar-refractivity contribution in [1.82, 2.24) is 0 Å². The molecule has 1 aromatic rings. The predicted octanol–water partition coefficient (Wildman–Crippen LogP) is 2.84. The fourth-order valence-corrected chi connectivity index (χ4v) is 3.46. The first kappa shape index (κ1) is 14.4. The van der Waals surface area contributed by atoms with Crippen LogP contribution in [0, 0.1) is 0 Å². The van der Waals surface area contributed by atoms with Gasteiger partial charge in [-0.2, -0.15) is 0 Å². The minimum atomic E-state index is 0.106. The molecule has 0 spiro atoms. The number of anilines is 1. The van der Waals surface area contributed by atoms with Crippen LogP contribution < -0.4 is 5.32 Å². The van der Waals surface area contributed by atoms with Gasteiger partial charge in [0.1, 0.15) is 0 Å². The number of nitrogens with one attached hydrogen (secondary N) is 1. The van der Waals surface area contributed by atoms with Crippen molar-refractivity contribution in [3.8, 4) is 0 Å². The van der Waals surface area contributed by atoms with Gasteiger partial charge >= 0.3 is 0 Å². The van der Waals surface area contributed by atoms with Crippen molar-refractivity contribution in [2.45, 2.75) is 37.4 Å². The molecule has 2 rings (SSSR count). The summed E-state index contributed by atoms with van der Waals surface area (Å²) in [4.78, 5) is 12.1. The van der Waals surface area contributed by atoms with Crippen LogP contribution in [0.5, 0.6) is 0 Å². The SMILES string of the molecule is O=C(Nc1cccc(CCCO)c1)C1CCCCS1. The first-order valence-electron chi connectivity index (χ1n) is 6.92. The lowest BCUT2D eigenvalue weighted by atomic mass is 10.1. The molecule has 1 fully saturated rings. The summed E-state index contributed by atoms with van der Waals surface area (Å²) >= 11 is 1.76. The monoisotopic (exact) mass is 279 g/mol. The fraction of sp³-hybridized carbons (Fsp3) is 0.533. The van der Waals surface area contributed by atoms with E-state index < -0.39 is 0 Å². The van der Waals surface area contributed by atoms with E-state index in [0.717, 1.165) is 42.7 Å². The number of hydrogen-bond donors (Lipinski definition) is 2. The van der Waals surface area contributed by atoms with E-state index in [-0.39, 0.29) is 17.8 Å². The predicted molar refractivity (Wildman–Crippen MR) is 80.6 cm³/mol. The Kier molecular flexibility index (Phi) is 5.73. The average molecular weight is 279 g/mol. The molecule has 1 aromatic carbocycles. The minimum Gasteiger partial charge on any atom is -0.396 e. The summed E-state index contributed by atoms with van der Waals surface area (Å²) in [5.41, 5.74) is 2.02. The summed E-state index contributed by atoms with van der Waals surface area (Å²) in [5.74, 6) is 1.22. The summed E-state index contributed by atoms with van der Waals surface area (Å²) in [5, 5.41) is 12.0. The number of aryl methyl sites for hydroxylation is 1. The first-order chi connectivity index (χ1) is 9.29. The number of rotatable bonds is 5. The van der Waals surface area contributed by atoms with Crippen molar-refractivity contribution in [3.05, 3.63) is 29.8 Å². The van der Waals surface area contributed by atoms with Gasteiger partial charge in [-0.3, -0.25) is 4.79 Å². The Morgan fingerprint density at radius 3 is 3.05 bits per heavy atom. The van der Waals surface area contributed by atoms with Gasteiger partial charge in [-0.1, -0.05) is 18.6 Å². The van der Waals surface area contributed by atoms with Crippen molar-refractivity contribution < 1.29 is 9.90 Å². The van der Waals surface area contributed by atoms with Gasteiger partial charge in [-0.05, 0) is 49.1 Å². The average Bonchev–Trinajstić information content (AvgIpc) is 2.46. The highest BCUT2D eigenvalue weighted by molar-refractivity contribution is 8.00. The van der Waals surface area contributed by atoms with Gasteiger partial charge in [0, 0.05) is 12.3 Å². The van der Waals surface area contributed by atoms with Crippen molar-refractivity contribution >= 4 is 23.4 Å². The van der Waals surface area contributed by atoms with Crippen molar-refractivity contribution in [2.24, 2.45) is 0 Å². The standard InChI is InChI=1S/C15H21NO2S/c17-9-4-6-12-5-3-7-13(11-12)16-15(18)14-8-1-2-10-19-14/h3,5,7,11,14,17H,1-2,4,6,8-10H2,(H,16,18). The second-order valence-corrected chi connectivity index (χ2v) is 6.18. The van der Waals surface area contributed by atoms with E-state index in [0.29, 0.717) is 0 Å². The van der Waals surface area contributed by atoms with Gasteiger partial charge in [-0.25, -0.2) is 0 Å². The second-order valence-electron chi connectivity index (χ2n) is 4.87. The van der Waals surface area contributed by atoms with Gasteiger partial charge in [0.2, 0.25) is 5.91 Å². The van der Waals surface area contributed by atoms with Crippen LogP contribution in [0.4, 0.5) is 5.69 Å². The molecule has 1 aliphatic rings. The first-order valence-corrected chi connectivity index (χ1v) is 7.97. The van der Waals surface area contributed by atoms with Gasteiger partial charge in [0.25, 0.3) is 0 Å². The van der Waals surface area contributed by atoms with E-state index in [1.807, 2.05) is 24.3 Å². The molecule has 0 bridgehead atoms. The van der Waals surface area contributed by atoms with Crippen LogP contribution in [0.2, 0.25) is 0 Å². The van der Waals surface area contributed by atoms with Crippen LogP contribution >= 0.6 is 11.8 Å². The summed E-state index contributed by atoms with van der Waals surface area (Å²) < 4.78 is 0. The molecule has 3 nitrogen and oxygen atoms in total. The Hall–Kier alpha value is -1.00. The summed E-state index contributed by atoms with van der Waals surface area (Å²) in [6.45, 7) is 0.204. The molecule has 0 aliphatic carbocycles. The number of hydrogen-bond acceptors (Lipinski definition) is 3. The molecule has 1 amide bonds. The fourth-order valence-electron chi connectivity index (χ4n) is 2.26. The molecule has 104 valence electrons. The quantitative estimate of drug-likeness (QED) is 0.871. The lowest BCUT2D eigenvalue weighted by molar-refractivity contribution is -0.115. The molecule has 0 saturated carbocycles. The van der Waals surface area contributed by atoms with Crippen LogP contribution in [-0.2, 0) is 11.2 Å². The lowest BCUT2D eigenvalue weighted by Crippen LogP contribution is -2.27. The second kappa shape index (κ2) is 7.56. The van der Waals surface area contributed by atoms with E-state index in [1.165, 1.54) is 6.42 Å². The van der Waals surface area contributed by atoms with Gasteiger partial charge in [-0.15, -0.1) is 11.8 Å². The van der Waals surface area contributed by atoms with E-state index >= 15 is 0 Å². The topological polar surface area (TPSA) is 49.3 Å². The Morgan fingerprint density at radius 1 is 1.42 bits per heavy atom. The molecule has 19 heavy (non-hydrogen) atoms. The van der Waals surface area contributed by atoms with Gasteiger partial charge in [0.05, 0.1) is 5.25 Å². The zero-order valence-corrected chi connectivity index (χ0v) is 11.9. The van der Waals surface area contributed by atoms with Gasteiger partial charge < -0.3 is 10.4 Å². The van der Waals surface area contributed by atoms with Crippen LogP contribution in [0.25, 0.3) is 0 Å². The van der Waals surface area contributed by atoms with E-state index in [2.05, 4.69) is 5.32 Å². The number of amides is 1. The van der Waals surface area contributed by atoms with Crippen molar-refractivity contribution in [1.29, 1.82) is 0 Å². The van der Waals surface area contributed by atoms with Crippen molar-refractivity contribution in [3.63, 3.8) is 0 Å². The van der Waals surface area contributed by atoms with Crippen LogP contribution in [-0.4, -0.2) is 28.6 Å². The number of benzene rings is 1. The summed E-state index contributed by atoms with van der Waals surface area (Å²) in [6.07, 6.45) is 4.97. The summed E-state index contributed by atoms with van der Waals surface area (Å²) in [6, 6.07) is 7.91. The van der Waals surface area contributed by atoms with Crippen molar-refractivity contribution in [2.75, 3.05) is 17.7 Å². The molecule has 1 aliphatic heterocycles. The third-order valence-electron chi connectivity index (χ3n) is 3.29. The van der Waals surface area contributed by atoms with Crippen LogP contribution in [0.1, 0.15) is 31.2 Å². The Balaban J connectivity index is 1.92. The Morgan fingerprint density at radius 2 is 2.32 bits per heavy atom. The molecule has 1 heterocycles. The largest absolute Gasteiger partial charge is 0.396 e. The van der Waals surface area contributed by atoms with Crippen LogP contribution in [0.15, 0.2) is 24.3 Å². The molecule has 4 heteroatoms. The maximum absolute atomic E-state index is 12.1. The number of carbonyl (C=O) groups is 1. The van der Waals surface area contributed by atoms with E-state index in [4.69, 9.17) is 5.11 Å². The highest BCUT2D eigenvalue weighted by Crippen LogP contribution is 2.26. The molecule has 1 unspecified atom stereocenters. The van der Waals surface area contributed by atoms with E-state index in [9.17, 15) is 4.79 Å². The smallest absolute Gasteiger partial charge is 0.237 e.